The molecule has 1 aromatic heterocycles. The monoisotopic (exact) mass is 399 g/mol. The van der Waals surface area contributed by atoms with Gasteiger partial charge in [-0.2, -0.15) is 0 Å². The van der Waals surface area contributed by atoms with E-state index in [2.05, 4.69) is 97.6 Å². The second-order valence-corrected chi connectivity index (χ2v) is 8.96. The Labute approximate surface area is 174 Å². The molecule has 0 spiro atoms. The SMILES string of the molecule is C/C=C\C(=C/CC)N1c2ccccc2Sc2c1ccc1sc3ccccc3c21. The molecule has 138 valence electrons. The molecule has 0 radical (unpaired) electrons. The molecule has 0 unspecified atom stereocenters. The molecule has 3 aromatic carbocycles. The number of allylic oxidation sites excluding steroid dienone is 3. The third kappa shape index (κ3) is 2.69. The summed E-state index contributed by atoms with van der Waals surface area (Å²) in [6, 6.07) is 22.1. The van der Waals surface area contributed by atoms with Crippen LogP contribution >= 0.6 is 23.1 Å². The van der Waals surface area contributed by atoms with Crippen molar-refractivity contribution >= 4 is 54.6 Å². The van der Waals surface area contributed by atoms with Crippen molar-refractivity contribution in [2.75, 3.05) is 4.90 Å². The highest BCUT2D eigenvalue weighted by molar-refractivity contribution is 8.00. The van der Waals surface area contributed by atoms with E-state index in [0.29, 0.717) is 0 Å². The van der Waals surface area contributed by atoms with Gasteiger partial charge in [-0.05, 0) is 49.8 Å². The summed E-state index contributed by atoms with van der Waals surface area (Å²) in [5.74, 6) is 0. The number of nitrogens with zero attached hydrogens (tertiary/aromatic N) is 1. The lowest BCUT2D eigenvalue weighted by Crippen LogP contribution is -2.19. The van der Waals surface area contributed by atoms with Gasteiger partial charge in [-0.3, -0.25) is 0 Å². The molecule has 5 rings (SSSR count). The Kier molecular flexibility index (Phi) is 4.50. The second kappa shape index (κ2) is 7.16. The van der Waals surface area contributed by atoms with E-state index in [9.17, 15) is 0 Å². The third-order valence-electron chi connectivity index (χ3n) is 5.04. The molecular weight excluding hydrogens is 378 g/mol. The summed E-state index contributed by atoms with van der Waals surface area (Å²) < 4.78 is 2.72. The lowest BCUT2D eigenvalue weighted by molar-refractivity contribution is 1.09. The molecule has 1 nitrogen and oxygen atoms in total. The van der Waals surface area contributed by atoms with Gasteiger partial charge >= 0.3 is 0 Å². The van der Waals surface area contributed by atoms with E-state index < -0.39 is 0 Å². The third-order valence-corrected chi connectivity index (χ3v) is 7.36. The summed E-state index contributed by atoms with van der Waals surface area (Å²) in [4.78, 5) is 5.10. The van der Waals surface area contributed by atoms with Gasteiger partial charge in [0.15, 0.2) is 0 Å². The number of anilines is 2. The van der Waals surface area contributed by atoms with Gasteiger partial charge in [-0.15, -0.1) is 11.3 Å². The average Bonchev–Trinajstić information content (AvgIpc) is 3.11. The fourth-order valence-corrected chi connectivity index (χ4v) is 6.31. The molecule has 0 saturated heterocycles. The number of fused-ring (bicyclic) bond motifs is 6. The van der Waals surface area contributed by atoms with Crippen molar-refractivity contribution in [1.29, 1.82) is 0 Å². The maximum Gasteiger partial charge on any atom is 0.0608 e. The van der Waals surface area contributed by atoms with Crippen LogP contribution in [0.4, 0.5) is 11.4 Å². The Morgan fingerprint density at radius 3 is 2.61 bits per heavy atom. The van der Waals surface area contributed by atoms with Crippen LogP contribution in [0.1, 0.15) is 20.3 Å². The van der Waals surface area contributed by atoms with Gasteiger partial charge in [0.1, 0.15) is 0 Å². The van der Waals surface area contributed by atoms with Crippen LogP contribution in [0.15, 0.2) is 94.4 Å². The Balaban J connectivity index is 1.85. The van der Waals surface area contributed by atoms with Crippen LogP contribution in [0.3, 0.4) is 0 Å². The quantitative estimate of drug-likeness (QED) is 0.318. The summed E-state index contributed by atoms with van der Waals surface area (Å²) in [6.45, 7) is 4.29. The van der Waals surface area contributed by atoms with Gasteiger partial charge in [0.25, 0.3) is 0 Å². The van der Waals surface area contributed by atoms with Crippen LogP contribution in [0.5, 0.6) is 0 Å². The molecule has 2 heterocycles. The van der Waals surface area contributed by atoms with Gasteiger partial charge in [0, 0.05) is 35.7 Å². The Morgan fingerprint density at radius 1 is 0.929 bits per heavy atom. The molecule has 1 aliphatic heterocycles. The van der Waals surface area contributed by atoms with Crippen LogP contribution in [0.2, 0.25) is 0 Å². The summed E-state index contributed by atoms with van der Waals surface area (Å²) in [7, 11) is 0. The van der Waals surface area contributed by atoms with Crippen LogP contribution in [-0.4, -0.2) is 0 Å². The summed E-state index contributed by atoms with van der Waals surface area (Å²) in [6.07, 6.45) is 7.66. The first kappa shape index (κ1) is 17.6. The van der Waals surface area contributed by atoms with Crippen LogP contribution in [-0.2, 0) is 0 Å². The van der Waals surface area contributed by atoms with E-state index in [-0.39, 0.29) is 0 Å². The first-order valence-corrected chi connectivity index (χ1v) is 11.3. The smallest absolute Gasteiger partial charge is 0.0608 e. The molecule has 0 saturated carbocycles. The largest absolute Gasteiger partial charge is 0.309 e. The number of benzene rings is 3. The fourth-order valence-electron chi connectivity index (χ4n) is 3.91. The average molecular weight is 400 g/mol. The van der Waals surface area contributed by atoms with E-state index in [0.717, 1.165) is 6.42 Å². The highest BCUT2D eigenvalue weighted by Crippen LogP contribution is 2.54. The summed E-state index contributed by atoms with van der Waals surface area (Å²) in [5.41, 5.74) is 3.77. The molecule has 0 aliphatic carbocycles. The van der Waals surface area contributed by atoms with Gasteiger partial charge in [0.2, 0.25) is 0 Å². The summed E-state index contributed by atoms with van der Waals surface area (Å²) in [5, 5.41) is 2.75. The molecule has 0 amide bonds. The van der Waals surface area contributed by atoms with Crippen molar-refractivity contribution in [3.8, 4) is 0 Å². The Hall–Kier alpha value is -2.49. The predicted molar refractivity (Wildman–Crippen MR) is 125 cm³/mol. The molecule has 28 heavy (non-hydrogen) atoms. The Morgan fingerprint density at radius 2 is 1.75 bits per heavy atom. The van der Waals surface area contributed by atoms with Crippen molar-refractivity contribution in [1.82, 2.24) is 0 Å². The van der Waals surface area contributed by atoms with Gasteiger partial charge in [-0.25, -0.2) is 0 Å². The predicted octanol–water partition coefficient (Wildman–Crippen LogP) is 8.53. The van der Waals surface area contributed by atoms with E-state index in [1.807, 2.05) is 23.1 Å². The molecule has 1 aliphatic rings. The number of thiophene rings is 1. The van der Waals surface area contributed by atoms with Crippen LogP contribution in [0.25, 0.3) is 20.2 Å². The minimum absolute atomic E-state index is 1.00. The zero-order chi connectivity index (χ0) is 19.1. The van der Waals surface area contributed by atoms with E-state index in [4.69, 9.17) is 0 Å². The topological polar surface area (TPSA) is 3.24 Å². The van der Waals surface area contributed by atoms with Crippen molar-refractivity contribution < 1.29 is 0 Å². The van der Waals surface area contributed by atoms with Crippen LogP contribution in [0, 0.1) is 0 Å². The number of hydrogen-bond acceptors (Lipinski definition) is 3. The minimum atomic E-state index is 1.00. The van der Waals surface area contributed by atoms with Crippen molar-refractivity contribution in [3.63, 3.8) is 0 Å². The molecule has 0 N–H and O–H groups in total. The maximum atomic E-state index is 2.43. The molecule has 0 atom stereocenters. The standard InChI is InChI=1S/C25H21NS2/c1-3-9-17(10-4-2)26-19-12-6-8-14-22(19)28-25-20(26)15-16-23-24(25)18-11-5-7-13-21(18)27-23/h3,5-16H,4H2,1-2H3/b9-3-,17-10+. The Bertz CT molecular complexity index is 1250. The van der Waals surface area contributed by atoms with E-state index in [1.54, 1.807) is 0 Å². The maximum absolute atomic E-state index is 2.43. The lowest BCUT2D eigenvalue weighted by atomic mass is 10.1. The summed E-state index contributed by atoms with van der Waals surface area (Å²) >= 11 is 3.79. The van der Waals surface area contributed by atoms with Crippen molar-refractivity contribution in [3.05, 3.63) is 84.6 Å². The first-order chi connectivity index (χ1) is 13.8. The van der Waals surface area contributed by atoms with Crippen molar-refractivity contribution in [2.45, 2.75) is 30.1 Å². The number of rotatable bonds is 3. The number of hydrogen-bond donors (Lipinski definition) is 0. The van der Waals surface area contributed by atoms with Crippen molar-refractivity contribution in [2.24, 2.45) is 0 Å². The molecule has 0 bridgehead atoms. The van der Waals surface area contributed by atoms with Gasteiger partial charge in [0.05, 0.1) is 11.4 Å². The number of para-hydroxylation sites is 1. The second-order valence-electron chi connectivity index (χ2n) is 6.83. The van der Waals surface area contributed by atoms with Gasteiger partial charge < -0.3 is 4.90 Å². The molecular formula is C25H21NS2. The zero-order valence-electron chi connectivity index (χ0n) is 16.0. The molecule has 4 aromatic rings. The zero-order valence-corrected chi connectivity index (χ0v) is 17.6. The highest BCUT2D eigenvalue weighted by atomic mass is 32.2. The minimum Gasteiger partial charge on any atom is -0.309 e. The molecule has 0 fully saturated rings. The molecule has 3 heteroatoms. The fraction of sp³-hybridized carbons (Fsp3) is 0.120. The van der Waals surface area contributed by atoms with E-state index >= 15 is 0 Å². The first-order valence-electron chi connectivity index (χ1n) is 9.66. The normalized spacial score (nSPS) is 14.1. The van der Waals surface area contributed by atoms with E-state index in [1.165, 1.54) is 47.0 Å². The van der Waals surface area contributed by atoms with Gasteiger partial charge in [-0.1, -0.05) is 61.2 Å². The lowest BCUT2D eigenvalue weighted by Gasteiger charge is -2.34. The van der Waals surface area contributed by atoms with Crippen LogP contribution < -0.4 is 4.90 Å². The highest BCUT2D eigenvalue weighted by Gasteiger charge is 2.27.